The van der Waals surface area contributed by atoms with Crippen LogP contribution < -0.4 is 10.7 Å². The molecule has 0 radical (unpaired) electrons. The number of hydrogen-bond acceptors (Lipinski definition) is 3. The van der Waals surface area contributed by atoms with E-state index in [1.807, 2.05) is 75.4 Å². The van der Waals surface area contributed by atoms with Crippen LogP contribution in [0.1, 0.15) is 46.5 Å². The Balaban J connectivity index is 1.78. The third kappa shape index (κ3) is 4.69. The first-order valence-corrected chi connectivity index (χ1v) is 11.6. The van der Waals surface area contributed by atoms with Gasteiger partial charge in [-0.1, -0.05) is 62.4 Å². The molecule has 3 aromatic carbocycles. The number of pyridine rings is 1. The summed E-state index contributed by atoms with van der Waals surface area (Å²) >= 11 is 0. The highest BCUT2D eigenvalue weighted by Gasteiger charge is 2.19. The molecule has 1 amide bonds. The van der Waals surface area contributed by atoms with Crippen LogP contribution in [0.2, 0.25) is 0 Å². The Morgan fingerprint density at radius 2 is 1.56 bits per heavy atom. The van der Waals surface area contributed by atoms with Crippen molar-refractivity contribution in [1.82, 2.24) is 4.57 Å². The fraction of sp³-hybridized carbons (Fsp3) is 0.207. The SMILES string of the molecule is CCc1ccc(C(=O)c2cn(CC(=O)Nc3ccccc3C)c3ccc(CC)cc3c2=O)cc1. The molecule has 0 aliphatic carbocycles. The molecule has 1 aromatic heterocycles. The molecule has 5 nitrogen and oxygen atoms in total. The Bertz CT molecular complexity index is 1430. The molecular formula is C29H28N2O3. The number of nitrogens with zero attached hydrogens (tertiary/aromatic N) is 1. The summed E-state index contributed by atoms with van der Waals surface area (Å²) in [5, 5.41) is 3.37. The summed E-state index contributed by atoms with van der Waals surface area (Å²) in [5.41, 5.74) is 4.64. The Kier molecular flexibility index (Phi) is 6.73. The average molecular weight is 453 g/mol. The molecule has 1 N–H and O–H groups in total. The number of hydrogen-bond donors (Lipinski definition) is 1. The van der Waals surface area contributed by atoms with Crippen molar-refractivity contribution in [2.24, 2.45) is 0 Å². The molecule has 0 aliphatic rings. The van der Waals surface area contributed by atoms with E-state index in [1.54, 1.807) is 16.7 Å². The summed E-state index contributed by atoms with van der Waals surface area (Å²) in [7, 11) is 0. The van der Waals surface area contributed by atoms with Gasteiger partial charge in [-0.3, -0.25) is 14.4 Å². The van der Waals surface area contributed by atoms with Crippen LogP contribution in [0.25, 0.3) is 10.9 Å². The quantitative estimate of drug-likeness (QED) is 0.387. The number of amides is 1. The first-order valence-electron chi connectivity index (χ1n) is 11.6. The van der Waals surface area contributed by atoms with Crippen molar-refractivity contribution in [3.05, 3.63) is 111 Å². The van der Waals surface area contributed by atoms with Crippen molar-refractivity contribution >= 4 is 28.3 Å². The third-order valence-electron chi connectivity index (χ3n) is 6.15. The van der Waals surface area contributed by atoms with Crippen LogP contribution in [0.3, 0.4) is 0 Å². The van der Waals surface area contributed by atoms with Gasteiger partial charge in [0, 0.05) is 22.8 Å². The monoisotopic (exact) mass is 452 g/mol. The van der Waals surface area contributed by atoms with Crippen LogP contribution in [-0.4, -0.2) is 16.3 Å². The van der Waals surface area contributed by atoms with Gasteiger partial charge < -0.3 is 9.88 Å². The summed E-state index contributed by atoms with van der Waals surface area (Å²) in [6, 6.07) is 20.5. The van der Waals surface area contributed by atoms with E-state index in [0.29, 0.717) is 16.5 Å². The molecule has 4 rings (SSSR count). The van der Waals surface area contributed by atoms with Gasteiger partial charge in [0.2, 0.25) is 11.3 Å². The molecule has 0 saturated heterocycles. The van der Waals surface area contributed by atoms with Gasteiger partial charge in [-0.15, -0.1) is 0 Å². The van der Waals surface area contributed by atoms with Gasteiger partial charge in [-0.25, -0.2) is 0 Å². The zero-order valence-electron chi connectivity index (χ0n) is 19.7. The van der Waals surface area contributed by atoms with Gasteiger partial charge in [0.05, 0.1) is 11.1 Å². The largest absolute Gasteiger partial charge is 0.337 e. The molecular weight excluding hydrogens is 424 g/mol. The van der Waals surface area contributed by atoms with Crippen LogP contribution in [0.15, 0.2) is 77.7 Å². The van der Waals surface area contributed by atoms with Crippen molar-refractivity contribution in [1.29, 1.82) is 0 Å². The fourth-order valence-electron chi connectivity index (χ4n) is 4.06. The molecule has 4 aromatic rings. The molecule has 0 fully saturated rings. The molecule has 172 valence electrons. The Hall–Kier alpha value is -3.99. The Morgan fingerprint density at radius 1 is 0.882 bits per heavy atom. The lowest BCUT2D eigenvalue weighted by molar-refractivity contribution is -0.116. The molecule has 0 saturated carbocycles. The van der Waals surface area contributed by atoms with E-state index in [2.05, 4.69) is 5.32 Å². The number of benzene rings is 3. The number of nitrogens with one attached hydrogen (secondary N) is 1. The van der Waals surface area contributed by atoms with Gasteiger partial charge in [0.25, 0.3) is 0 Å². The molecule has 0 unspecified atom stereocenters. The second-order valence-electron chi connectivity index (χ2n) is 8.45. The minimum absolute atomic E-state index is 0.0222. The zero-order valence-corrected chi connectivity index (χ0v) is 19.7. The van der Waals surface area contributed by atoms with Gasteiger partial charge in [-0.2, -0.15) is 0 Å². The molecule has 0 bridgehead atoms. The van der Waals surface area contributed by atoms with Crippen LogP contribution in [0, 0.1) is 6.92 Å². The van der Waals surface area contributed by atoms with Gasteiger partial charge in [0.15, 0.2) is 5.78 Å². The summed E-state index contributed by atoms with van der Waals surface area (Å²) in [4.78, 5) is 39.6. The molecule has 1 heterocycles. The smallest absolute Gasteiger partial charge is 0.244 e. The predicted octanol–water partition coefficient (Wildman–Crippen LogP) is 5.30. The summed E-state index contributed by atoms with van der Waals surface area (Å²) in [5.74, 6) is -0.575. The lowest BCUT2D eigenvalue weighted by Crippen LogP contribution is -2.24. The standard InChI is InChI=1S/C29H28N2O3/c1-4-20-10-13-22(14-11-20)28(33)24-17-31(18-27(32)30-25-9-7-6-8-19(25)3)26-15-12-21(5-2)16-23(26)29(24)34/h6-17H,4-5,18H2,1-3H3,(H,30,32). The summed E-state index contributed by atoms with van der Waals surface area (Å²) in [6.07, 6.45) is 3.15. The number of carbonyl (C=O) groups is 2. The van der Waals surface area contributed by atoms with E-state index >= 15 is 0 Å². The summed E-state index contributed by atoms with van der Waals surface area (Å²) in [6.45, 7) is 5.97. The molecule has 0 spiro atoms. The van der Waals surface area contributed by atoms with Crippen LogP contribution in [0.5, 0.6) is 0 Å². The number of aromatic nitrogens is 1. The maximum atomic E-state index is 13.4. The highest BCUT2D eigenvalue weighted by atomic mass is 16.2. The van der Waals surface area contributed by atoms with E-state index in [0.717, 1.165) is 35.2 Å². The van der Waals surface area contributed by atoms with Gasteiger partial charge in [0.1, 0.15) is 6.54 Å². The Morgan fingerprint density at radius 3 is 2.24 bits per heavy atom. The number of aryl methyl sites for hydroxylation is 3. The minimum atomic E-state index is -0.343. The molecule has 34 heavy (non-hydrogen) atoms. The number of rotatable bonds is 7. The molecule has 0 aliphatic heterocycles. The molecule has 5 heteroatoms. The van der Waals surface area contributed by atoms with E-state index in [4.69, 9.17) is 0 Å². The summed E-state index contributed by atoms with van der Waals surface area (Å²) < 4.78 is 1.69. The maximum absolute atomic E-state index is 13.4. The van der Waals surface area contributed by atoms with E-state index < -0.39 is 0 Å². The number of anilines is 1. The van der Waals surface area contributed by atoms with Crippen LogP contribution in [-0.2, 0) is 24.2 Å². The van der Waals surface area contributed by atoms with Crippen molar-refractivity contribution in [2.45, 2.75) is 40.2 Å². The third-order valence-corrected chi connectivity index (χ3v) is 6.15. The lowest BCUT2D eigenvalue weighted by Gasteiger charge is -2.15. The van der Waals surface area contributed by atoms with E-state index in [1.165, 1.54) is 6.20 Å². The van der Waals surface area contributed by atoms with Gasteiger partial charge in [-0.05, 0) is 54.7 Å². The minimum Gasteiger partial charge on any atom is -0.337 e. The van der Waals surface area contributed by atoms with Crippen molar-refractivity contribution < 1.29 is 9.59 Å². The second-order valence-corrected chi connectivity index (χ2v) is 8.45. The van der Waals surface area contributed by atoms with Gasteiger partial charge >= 0.3 is 0 Å². The van der Waals surface area contributed by atoms with E-state index in [9.17, 15) is 14.4 Å². The van der Waals surface area contributed by atoms with Crippen molar-refractivity contribution in [2.75, 3.05) is 5.32 Å². The Labute approximate surface area is 199 Å². The highest BCUT2D eigenvalue weighted by molar-refractivity contribution is 6.10. The first kappa shape index (κ1) is 23.2. The van der Waals surface area contributed by atoms with Crippen LogP contribution in [0.4, 0.5) is 5.69 Å². The second kappa shape index (κ2) is 9.87. The number of carbonyl (C=O) groups excluding carboxylic acids is 2. The normalized spacial score (nSPS) is 10.9. The molecule has 0 atom stereocenters. The lowest BCUT2D eigenvalue weighted by atomic mass is 9.99. The number of para-hydroxylation sites is 1. The zero-order chi connectivity index (χ0) is 24.2. The van der Waals surface area contributed by atoms with Crippen molar-refractivity contribution in [3.8, 4) is 0 Å². The average Bonchev–Trinajstić information content (AvgIpc) is 2.86. The highest BCUT2D eigenvalue weighted by Crippen LogP contribution is 2.19. The number of fused-ring (bicyclic) bond motifs is 1. The fourth-order valence-corrected chi connectivity index (χ4v) is 4.06. The predicted molar refractivity (Wildman–Crippen MR) is 137 cm³/mol. The maximum Gasteiger partial charge on any atom is 0.244 e. The van der Waals surface area contributed by atoms with Crippen molar-refractivity contribution in [3.63, 3.8) is 0 Å². The first-order chi connectivity index (χ1) is 16.4. The van der Waals surface area contributed by atoms with Crippen LogP contribution >= 0.6 is 0 Å². The van der Waals surface area contributed by atoms with E-state index in [-0.39, 0.29) is 29.2 Å². The topological polar surface area (TPSA) is 68.2 Å². The number of ketones is 1.